The van der Waals surface area contributed by atoms with Gasteiger partial charge < -0.3 is 14.5 Å². The molecule has 0 radical (unpaired) electrons. The van der Waals surface area contributed by atoms with Gasteiger partial charge in [-0.15, -0.1) is 13.2 Å². The lowest BCUT2D eigenvalue weighted by Crippen LogP contribution is -2.52. The highest BCUT2D eigenvalue weighted by atomic mass is 19.4. The van der Waals surface area contributed by atoms with Crippen molar-refractivity contribution >= 4 is 17.6 Å². The molecule has 0 aromatic heterocycles. The SMILES string of the molecule is CCC1=NCC(C2CC(c3ccc(OC(F)(F)F)cc3)CN(C(=O)N3CCC(C#N)CC3)C2)=N1. The first-order valence-electron chi connectivity index (χ1n) is 11.7. The number of nitrogens with zero attached hydrogens (tertiary/aromatic N) is 5. The highest BCUT2D eigenvalue weighted by Gasteiger charge is 2.37. The maximum atomic E-state index is 13.4. The predicted octanol–water partition coefficient (Wildman–Crippen LogP) is 4.61. The number of benzene rings is 1. The van der Waals surface area contributed by atoms with Crippen molar-refractivity contribution in [2.75, 3.05) is 32.7 Å². The van der Waals surface area contributed by atoms with E-state index in [0.29, 0.717) is 45.6 Å². The second-order valence-electron chi connectivity index (χ2n) is 9.01. The molecule has 0 saturated carbocycles. The highest BCUT2D eigenvalue weighted by Crippen LogP contribution is 2.34. The molecular weight excluding hydrogens is 447 g/mol. The molecule has 3 aliphatic heterocycles. The molecule has 3 aliphatic rings. The Hall–Kier alpha value is -3.09. The number of hydrogen-bond donors (Lipinski definition) is 0. The molecule has 10 heteroatoms. The Labute approximate surface area is 196 Å². The molecule has 0 N–H and O–H groups in total. The van der Waals surface area contributed by atoms with Crippen LogP contribution in [0, 0.1) is 23.2 Å². The summed E-state index contributed by atoms with van der Waals surface area (Å²) in [4.78, 5) is 26.2. The van der Waals surface area contributed by atoms with Gasteiger partial charge in [-0.1, -0.05) is 19.1 Å². The predicted molar refractivity (Wildman–Crippen MR) is 121 cm³/mol. The Bertz CT molecular complexity index is 991. The molecule has 0 aliphatic carbocycles. The molecule has 3 heterocycles. The molecular formula is C24H28F3N5O2. The normalized spacial score (nSPS) is 23.9. The molecule has 1 aromatic rings. The summed E-state index contributed by atoms with van der Waals surface area (Å²) in [7, 11) is 0. The summed E-state index contributed by atoms with van der Waals surface area (Å²) < 4.78 is 41.6. The van der Waals surface area contributed by atoms with E-state index < -0.39 is 6.36 Å². The second-order valence-corrected chi connectivity index (χ2v) is 9.01. The number of ether oxygens (including phenoxy) is 1. The average Bonchev–Trinajstić information content (AvgIpc) is 3.32. The number of amides is 2. The van der Waals surface area contributed by atoms with Crippen LogP contribution in [0.4, 0.5) is 18.0 Å². The van der Waals surface area contributed by atoms with Crippen LogP contribution in [0.2, 0.25) is 0 Å². The highest BCUT2D eigenvalue weighted by molar-refractivity contribution is 6.05. The largest absolute Gasteiger partial charge is 0.573 e. The van der Waals surface area contributed by atoms with E-state index in [1.165, 1.54) is 12.1 Å². The van der Waals surface area contributed by atoms with Crippen molar-refractivity contribution < 1.29 is 22.7 Å². The van der Waals surface area contributed by atoms with Crippen molar-refractivity contribution in [3.05, 3.63) is 29.8 Å². The molecule has 2 unspecified atom stereocenters. The van der Waals surface area contributed by atoms with E-state index >= 15 is 0 Å². The summed E-state index contributed by atoms with van der Waals surface area (Å²) in [5.41, 5.74) is 1.81. The number of hydrogen-bond acceptors (Lipinski definition) is 5. The molecule has 0 bridgehead atoms. The number of piperidine rings is 2. The monoisotopic (exact) mass is 475 g/mol. The van der Waals surface area contributed by atoms with Gasteiger partial charge in [0.15, 0.2) is 0 Å². The number of nitriles is 1. The van der Waals surface area contributed by atoms with Crippen molar-refractivity contribution in [3.8, 4) is 11.8 Å². The van der Waals surface area contributed by atoms with Crippen molar-refractivity contribution in [1.82, 2.24) is 9.80 Å². The number of rotatable bonds is 4. The van der Waals surface area contributed by atoms with E-state index in [0.717, 1.165) is 30.0 Å². The lowest BCUT2D eigenvalue weighted by atomic mass is 9.82. The third kappa shape index (κ3) is 5.69. The summed E-state index contributed by atoms with van der Waals surface area (Å²) >= 11 is 0. The van der Waals surface area contributed by atoms with Crippen LogP contribution in [0.5, 0.6) is 5.75 Å². The zero-order chi connectivity index (χ0) is 24.3. The number of urea groups is 1. The molecule has 2 amide bonds. The summed E-state index contributed by atoms with van der Waals surface area (Å²) in [6.07, 6.45) is -1.91. The number of carbonyl (C=O) groups excluding carboxylic acids is 1. The van der Waals surface area contributed by atoms with E-state index in [-0.39, 0.29) is 29.5 Å². The Morgan fingerprint density at radius 1 is 1.15 bits per heavy atom. The van der Waals surface area contributed by atoms with Crippen LogP contribution in [0.15, 0.2) is 34.3 Å². The maximum Gasteiger partial charge on any atom is 0.573 e. The van der Waals surface area contributed by atoms with Gasteiger partial charge in [-0.05, 0) is 37.0 Å². The van der Waals surface area contributed by atoms with E-state index in [4.69, 9.17) is 5.26 Å². The van der Waals surface area contributed by atoms with Crippen LogP contribution in [-0.4, -0.2) is 66.5 Å². The van der Waals surface area contributed by atoms with Gasteiger partial charge in [-0.3, -0.25) is 4.99 Å². The minimum atomic E-state index is -4.74. The Balaban J connectivity index is 1.52. The van der Waals surface area contributed by atoms with Gasteiger partial charge in [-0.25, -0.2) is 9.79 Å². The van der Waals surface area contributed by atoms with Crippen LogP contribution >= 0.6 is 0 Å². The van der Waals surface area contributed by atoms with Crippen LogP contribution in [0.25, 0.3) is 0 Å². The standard InChI is InChI=1S/C24H28F3N5O2/c1-2-22-29-13-21(30-22)19-11-18(17-3-5-20(6-4-17)34-24(25,26)27)14-32(15-19)23(33)31-9-7-16(12-28)8-10-31/h3-6,16,18-19H,2,7-11,13-15H2,1H3. The Morgan fingerprint density at radius 2 is 1.82 bits per heavy atom. The Kier molecular flexibility index (Phi) is 7.10. The van der Waals surface area contributed by atoms with Gasteiger partial charge in [0.1, 0.15) is 11.6 Å². The smallest absolute Gasteiger partial charge is 0.406 e. The van der Waals surface area contributed by atoms with Gasteiger partial charge >= 0.3 is 12.4 Å². The van der Waals surface area contributed by atoms with Gasteiger partial charge in [-0.2, -0.15) is 5.26 Å². The number of halogens is 3. The number of likely N-dealkylation sites (tertiary alicyclic amines) is 2. The molecule has 4 rings (SSSR count). The lowest BCUT2D eigenvalue weighted by molar-refractivity contribution is -0.274. The van der Waals surface area contributed by atoms with E-state index in [2.05, 4.69) is 20.8 Å². The van der Waals surface area contributed by atoms with Gasteiger partial charge in [0.2, 0.25) is 0 Å². The molecule has 0 spiro atoms. The summed E-state index contributed by atoms with van der Waals surface area (Å²) in [6.45, 7) is 4.64. The molecule has 7 nitrogen and oxygen atoms in total. The zero-order valence-electron chi connectivity index (χ0n) is 19.1. The van der Waals surface area contributed by atoms with Crippen molar-refractivity contribution in [2.45, 2.75) is 44.9 Å². The van der Waals surface area contributed by atoms with Crippen molar-refractivity contribution in [1.29, 1.82) is 5.26 Å². The van der Waals surface area contributed by atoms with Crippen molar-refractivity contribution in [2.24, 2.45) is 21.8 Å². The first-order chi connectivity index (χ1) is 16.3. The maximum absolute atomic E-state index is 13.4. The summed E-state index contributed by atoms with van der Waals surface area (Å²) in [6, 6.07) is 8.14. The molecule has 182 valence electrons. The van der Waals surface area contributed by atoms with E-state index in [1.807, 2.05) is 11.8 Å². The third-order valence-electron chi connectivity index (χ3n) is 6.74. The molecule has 2 atom stereocenters. The summed E-state index contributed by atoms with van der Waals surface area (Å²) in [5.74, 6) is 0.506. The lowest BCUT2D eigenvalue weighted by Gasteiger charge is -2.41. The van der Waals surface area contributed by atoms with Crippen LogP contribution in [0.1, 0.15) is 44.1 Å². The van der Waals surface area contributed by atoms with Crippen LogP contribution < -0.4 is 4.74 Å². The van der Waals surface area contributed by atoms with Crippen LogP contribution in [-0.2, 0) is 0 Å². The van der Waals surface area contributed by atoms with Crippen LogP contribution in [0.3, 0.4) is 0 Å². The Morgan fingerprint density at radius 3 is 2.41 bits per heavy atom. The fourth-order valence-corrected chi connectivity index (χ4v) is 4.90. The molecule has 2 saturated heterocycles. The number of carbonyl (C=O) groups is 1. The van der Waals surface area contributed by atoms with Gasteiger partial charge in [0, 0.05) is 56.1 Å². The topological polar surface area (TPSA) is 81.3 Å². The summed E-state index contributed by atoms with van der Waals surface area (Å²) in [5, 5.41) is 9.15. The second kappa shape index (κ2) is 10.0. The number of amidine groups is 1. The van der Waals surface area contributed by atoms with Crippen molar-refractivity contribution in [3.63, 3.8) is 0 Å². The van der Waals surface area contributed by atoms with Gasteiger partial charge in [0.05, 0.1) is 12.6 Å². The zero-order valence-corrected chi connectivity index (χ0v) is 19.1. The first-order valence-corrected chi connectivity index (χ1v) is 11.7. The molecule has 34 heavy (non-hydrogen) atoms. The first kappa shape index (κ1) is 24.0. The van der Waals surface area contributed by atoms with E-state index in [9.17, 15) is 18.0 Å². The quantitative estimate of drug-likeness (QED) is 0.638. The third-order valence-corrected chi connectivity index (χ3v) is 6.74. The van der Waals surface area contributed by atoms with E-state index in [1.54, 1.807) is 17.0 Å². The number of aliphatic imine (C=N–C) groups is 2. The molecule has 2 fully saturated rings. The fraction of sp³-hybridized carbons (Fsp3) is 0.583. The average molecular weight is 476 g/mol. The van der Waals surface area contributed by atoms with Gasteiger partial charge in [0.25, 0.3) is 0 Å². The number of alkyl halides is 3. The molecule has 1 aromatic carbocycles. The minimum Gasteiger partial charge on any atom is -0.406 e. The fourth-order valence-electron chi connectivity index (χ4n) is 4.90. The minimum absolute atomic E-state index is 0.0132.